The van der Waals surface area contributed by atoms with Crippen molar-refractivity contribution in [3.8, 4) is 0 Å². The monoisotopic (exact) mass is 370 g/mol. The zero-order chi connectivity index (χ0) is 18.8. The molecule has 0 bridgehead atoms. The highest BCUT2D eigenvalue weighted by Gasteiger charge is 2.22. The van der Waals surface area contributed by atoms with Gasteiger partial charge in [-0.1, -0.05) is 36.7 Å². The molecule has 0 fully saturated rings. The van der Waals surface area contributed by atoms with Crippen molar-refractivity contribution in [3.05, 3.63) is 64.3 Å². The maximum absolute atomic E-state index is 12.9. The fourth-order valence-electron chi connectivity index (χ4n) is 3.13. The summed E-state index contributed by atoms with van der Waals surface area (Å²) < 4.78 is 0. The van der Waals surface area contributed by atoms with E-state index in [-0.39, 0.29) is 18.0 Å². The lowest BCUT2D eigenvalue weighted by atomic mass is 10.1. The second-order valence-corrected chi connectivity index (χ2v) is 6.52. The average Bonchev–Trinajstić information content (AvgIpc) is 2.99. The van der Waals surface area contributed by atoms with E-state index < -0.39 is 5.97 Å². The Hall–Kier alpha value is -2.79. The van der Waals surface area contributed by atoms with Crippen LogP contribution >= 0.6 is 11.6 Å². The minimum Gasteiger partial charge on any atom is -0.477 e. The third-order valence-electron chi connectivity index (χ3n) is 4.52. The summed E-state index contributed by atoms with van der Waals surface area (Å²) in [6.45, 7) is 2.03. The van der Waals surface area contributed by atoms with Gasteiger partial charge in [-0.05, 0) is 36.2 Å². The number of H-pyrrole nitrogens is 1. The molecular weight excluding hydrogens is 352 g/mol. The third-order valence-corrected chi connectivity index (χ3v) is 4.75. The number of aromatic nitrogens is 1. The quantitative estimate of drug-likeness (QED) is 0.703. The minimum absolute atomic E-state index is 0.0211. The topological polar surface area (TPSA) is 73.4 Å². The number of halogens is 1. The maximum Gasteiger partial charge on any atom is 0.352 e. The number of benzene rings is 2. The number of hydrogen-bond acceptors (Lipinski definition) is 2. The van der Waals surface area contributed by atoms with Crippen LogP contribution in [0.3, 0.4) is 0 Å². The van der Waals surface area contributed by atoms with Gasteiger partial charge in [0, 0.05) is 34.2 Å². The van der Waals surface area contributed by atoms with Crippen LogP contribution < -0.4 is 4.90 Å². The first-order valence-corrected chi connectivity index (χ1v) is 8.68. The number of aryl methyl sites for hydroxylation is 1. The van der Waals surface area contributed by atoms with E-state index in [4.69, 9.17) is 11.6 Å². The number of likely N-dealkylation sites (N-methyl/N-ethyl adjacent to an activating group) is 1. The maximum atomic E-state index is 12.9. The summed E-state index contributed by atoms with van der Waals surface area (Å²) in [6, 6.07) is 12.8. The van der Waals surface area contributed by atoms with E-state index in [1.807, 2.05) is 31.2 Å². The Morgan fingerprint density at radius 2 is 1.92 bits per heavy atom. The van der Waals surface area contributed by atoms with Crippen LogP contribution in [0.1, 0.15) is 28.5 Å². The summed E-state index contributed by atoms with van der Waals surface area (Å²) in [5, 5.41) is 10.6. The van der Waals surface area contributed by atoms with Crippen molar-refractivity contribution in [2.75, 3.05) is 11.9 Å². The molecule has 0 saturated carbocycles. The number of carboxylic acids is 1. The van der Waals surface area contributed by atoms with Gasteiger partial charge >= 0.3 is 5.97 Å². The van der Waals surface area contributed by atoms with Crippen LogP contribution in [0.2, 0.25) is 5.02 Å². The second kappa shape index (κ2) is 7.22. The zero-order valence-electron chi connectivity index (χ0n) is 14.5. The molecule has 0 unspecified atom stereocenters. The molecule has 3 aromatic rings. The second-order valence-electron chi connectivity index (χ2n) is 6.09. The van der Waals surface area contributed by atoms with Gasteiger partial charge < -0.3 is 15.0 Å². The van der Waals surface area contributed by atoms with Crippen molar-refractivity contribution >= 4 is 40.1 Å². The number of hydrogen-bond donors (Lipinski definition) is 2. The predicted molar refractivity (Wildman–Crippen MR) is 103 cm³/mol. The zero-order valence-corrected chi connectivity index (χ0v) is 15.3. The fraction of sp³-hybridized carbons (Fsp3) is 0.200. The van der Waals surface area contributed by atoms with E-state index in [9.17, 15) is 14.7 Å². The summed E-state index contributed by atoms with van der Waals surface area (Å²) in [7, 11) is 1.71. The van der Waals surface area contributed by atoms with E-state index >= 15 is 0 Å². The molecule has 1 aromatic heterocycles. The Bertz CT molecular complexity index is 994. The molecule has 3 rings (SSSR count). The molecule has 134 valence electrons. The van der Waals surface area contributed by atoms with Crippen LogP contribution in [-0.2, 0) is 17.6 Å². The number of amides is 1. The van der Waals surface area contributed by atoms with Gasteiger partial charge in [0.25, 0.3) is 0 Å². The molecule has 0 spiro atoms. The van der Waals surface area contributed by atoms with E-state index in [2.05, 4.69) is 4.98 Å². The highest BCUT2D eigenvalue weighted by molar-refractivity contribution is 6.31. The fourth-order valence-corrected chi connectivity index (χ4v) is 3.30. The standard InChI is InChI=1S/C20H19ClN2O3/c1-3-12-6-4-5-7-17(12)23(2)18(24)11-15-14-10-13(21)8-9-16(14)22-19(15)20(25)26/h4-10,22H,3,11H2,1-2H3,(H,25,26). The van der Waals surface area contributed by atoms with Crippen molar-refractivity contribution in [2.45, 2.75) is 19.8 Å². The molecule has 2 aromatic carbocycles. The first kappa shape index (κ1) is 18.0. The molecule has 0 saturated heterocycles. The van der Waals surface area contributed by atoms with Crippen LogP contribution in [0.15, 0.2) is 42.5 Å². The molecule has 1 heterocycles. The van der Waals surface area contributed by atoms with Crippen LogP contribution in [0.25, 0.3) is 10.9 Å². The number of carbonyl (C=O) groups excluding carboxylic acids is 1. The summed E-state index contributed by atoms with van der Waals surface area (Å²) >= 11 is 6.06. The number of aromatic carboxylic acids is 1. The minimum atomic E-state index is -1.10. The molecule has 6 heteroatoms. The highest BCUT2D eigenvalue weighted by atomic mass is 35.5. The number of aromatic amines is 1. The average molecular weight is 371 g/mol. The number of anilines is 1. The van der Waals surface area contributed by atoms with Crippen molar-refractivity contribution in [2.24, 2.45) is 0 Å². The molecule has 5 nitrogen and oxygen atoms in total. The van der Waals surface area contributed by atoms with Crippen molar-refractivity contribution in [3.63, 3.8) is 0 Å². The summed E-state index contributed by atoms with van der Waals surface area (Å²) in [5.41, 5.74) is 3.00. The van der Waals surface area contributed by atoms with Gasteiger partial charge in [-0.2, -0.15) is 0 Å². The molecular formula is C20H19ClN2O3. The molecule has 0 aliphatic carbocycles. The van der Waals surface area contributed by atoms with Crippen LogP contribution in [0.4, 0.5) is 5.69 Å². The molecule has 1 amide bonds. The van der Waals surface area contributed by atoms with Crippen molar-refractivity contribution < 1.29 is 14.7 Å². The van der Waals surface area contributed by atoms with Gasteiger partial charge in [-0.3, -0.25) is 4.79 Å². The van der Waals surface area contributed by atoms with E-state index in [1.54, 1.807) is 30.1 Å². The van der Waals surface area contributed by atoms with Gasteiger partial charge in [0.2, 0.25) is 5.91 Å². The molecule has 0 aliphatic rings. The Balaban J connectivity index is 2.00. The van der Waals surface area contributed by atoms with E-state index in [0.717, 1.165) is 17.7 Å². The van der Waals surface area contributed by atoms with Gasteiger partial charge in [0.1, 0.15) is 5.69 Å². The normalized spacial score (nSPS) is 10.9. The molecule has 2 N–H and O–H groups in total. The smallest absolute Gasteiger partial charge is 0.352 e. The van der Waals surface area contributed by atoms with Crippen LogP contribution in [-0.4, -0.2) is 29.0 Å². The summed E-state index contributed by atoms with van der Waals surface area (Å²) in [4.78, 5) is 28.9. The Morgan fingerprint density at radius 1 is 1.19 bits per heavy atom. The lowest BCUT2D eigenvalue weighted by Crippen LogP contribution is -2.29. The lowest BCUT2D eigenvalue weighted by molar-refractivity contribution is -0.117. The first-order valence-electron chi connectivity index (χ1n) is 8.30. The van der Waals surface area contributed by atoms with Crippen LogP contribution in [0.5, 0.6) is 0 Å². The summed E-state index contributed by atoms with van der Waals surface area (Å²) in [6.07, 6.45) is 0.771. The van der Waals surface area contributed by atoms with Gasteiger partial charge in [0.15, 0.2) is 0 Å². The number of nitrogens with zero attached hydrogens (tertiary/aromatic N) is 1. The number of para-hydroxylation sites is 1. The van der Waals surface area contributed by atoms with Crippen molar-refractivity contribution in [1.29, 1.82) is 0 Å². The Kier molecular flexibility index (Phi) is 5.00. The third kappa shape index (κ3) is 3.30. The largest absolute Gasteiger partial charge is 0.477 e. The predicted octanol–water partition coefficient (Wildman–Crippen LogP) is 4.29. The highest BCUT2D eigenvalue weighted by Crippen LogP contribution is 2.28. The molecule has 0 aliphatic heterocycles. The number of fused-ring (bicyclic) bond motifs is 1. The molecule has 0 radical (unpaired) electrons. The van der Waals surface area contributed by atoms with Crippen molar-refractivity contribution in [1.82, 2.24) is 4.98 Å². The number of nitrogens with one attached hydrogen (secondary N) is 1. The van der Waals surface area contributed by atoms with E-state index in [1.165, 1.54) is 0 Å². The number of carbonyl (C=O) groups is 2. The first-order chi connectivity index (χ1) is 12.4. The Labute approximate surface area is 156 Å². The summed E-state index contributed by atoms with van der Waals surface area (Å²) in [5.74, 6) is -1.29. The van der Waals surface area contributed by atoms with Gasteiger partial charge in [0.05, 0.1) is 6.42 Å². The van der Waals surface area contributed by atoms with Gasteiger partial charge in [-0.15, -0.1) is 0 Å². The molecule has 0 atom stereocenters. The molecule has 26 heavy (non-hydrogen) atoms. The number of rotatable bonds is 5. The number of carboxylic acid groups (broad SMARTS) is 1. The van der Waals surface area contributed by atoms with E-state index in [0.29, 0.717) is 21.5 Å². The SMILES string of the molecule is CCc1ccccc1N(C)C(=O)Cc1c(C(=O)O)[nH]c2ccc(Cl)cc12. The Morgan fingerprint density at radius 3 is 2.62 bits per heavy atom. The van der Waals surface area contributed by atoms with Gasteiger partial charge in [-0.25, -0.2) is 4.79 Å². The van der Waals surface area contributed by atoms with Crippen LogP contribution in [0, 0.1) is 0 Å². The lowest BCUT2D eigenvalue weighted by Gasteiger charge is -2.20.